The Bertz CT molecular complexity index is 993. The number of piperidine rings is 1. The topological polar surface area (TPSA) is 58.6 Å². The highest BCUT2D eigenvalue weighted by Crippen LogP contribution is 2.25. The number of amides is 1. The fourth-order valence-electron chi connectivity index (χ4n) is 3.97. The van der Waals surface area contributed by atoms with Gasteiger partial charge in [0.15, 0.2) is 6.61 Å². The predicted octanol–water partition coefficient (Wildman–Crippen LogP) is 3.88. The van der Waals surface area contributed by atoms with Crippen LogP contribution in [-0.2, 0) is 11.2 Å². The first-order chi connectivity index (χ1) is 15.4. The Morgan fingerprint density at radius 1 is 1.12 bits per heavy atom. The highest BCUT2D eigenvalue weighted by atomic mass is 19.4. The Balaban J connectivity index is 1.35. The molecule has 32 heavy (non-hydrogen) atoms. The maximum Gasteiger partial charge on any atom is 0.422 e. The molecule has 0 bridgehead atoms. The van der Waals surface area contributed by atoms with E-state index in [1.54, 1.807) is 23.2 Å². The van der Waals surface area contributed by atoms with E-state index in [1.165, 1.54) is 6.07 Å². The van der Waals surface area contributed by atoms with Crippen molar-refractivity contribution in [3.63, 3.8) is 0 Å². The van der Waals surface area contributed by atoms with Gasteiger partial charge in [-0.2, -0.15) is 13.2 Å². The molecule has 0 spiro atoms. The van der Waals surface area contributed by atoms with Crippen LogP contribution in [0, 0.1) is 0 Å². The minimum Gasteiger partial charge on any atom is -0.468 e. The minimum absolute atomic E-state index is 0.0367. The number of hydrogen-bond acceptors (Lipinski definition) is 5. The van der Waals surface area contributed by atoms with Gasteiger partial charge in [0.1, 0.15) is 5.82 Å². The zero-order chi connectivity index (χ0) is 22.6. The molecule has 9 heteroatoms. The molecule has 0 aliphatic carbocycles. The molecular weight excluding hydrogens is 421 g/mol. The van der Waals surface area contributed by atoms with Crippen LogP contribution in [0.3, 0.4) is 0 Å². The first-order valence-electron chi connectivity index (χ1n) is 10.7. The largest absolute Gasteiger partial charge is 0.468 e. The maximum atomic E-state index is 12.4. The van der Waals surface area contributed by atoms with Gasteiger partial charge in [0.2, 0.25) is 11.8 Å². The quantitative estimate of drug-likeness (QED) is 0.646. The average molecular weight is 446 g/mol. The molecule has 2 aromatic rings. The number of halogens is 3. The molecule has 1 fully saturated rings. The molecule has 0 N–H and O–H groups in total. The summed E-state index contributed by atoms with van der Waals surface area (Å²) in [4.78, 5) is 25.0. The molecule has 0 unspecified atom stereocenters. The molecular formula is C23H25F3N4O2. The van der Waals surface area contributed by atoms with Gasteiger partial charge in [0, 0.05) is 44.9 Å². The summed E-state index contributed by atoms with van der Waals surface area (Å²) in [6.07, 6.45) is 2.58. The summed E-state index contributed by atoms with van der Waals surface area (Å²) in [6.45, 7) is 1.49. The number of pyridine rings is 2. The monoisotopic (exact) mass is 446 g/mol. The Morgan fingerprint density at radius 2 is 2.00 bits per heavy atom. The van der Waals surface area contributed by atoms with Crippen molar-refractivity contribution in [2.45, 2.75) is 31.9 Å². The Hall–Kier alpha value is -2.94. The van der Waals surface area contributed by atoms with E-state index in [1.807, 2.05) is 18.2 Å². The number of carbonyl (C=O) groups excluding carboxylic acids is 1. The van der Waals surface area contributed by atoms with E-state index in [4.69, 9.17) is 4.74 Å². The van der Waals surface area contributed by atoms with E-state index in [0.717, 1.165) is 49.3 Å². The van der Waals surface area contributed by atoms with Crippen LogP contribution in [0.5, 0.6) is 5.88 Å². The lowest BCUT2D eigenvalue weighted by Gasteiger charge is -2.28. The number of ether oxygens (including phenoxy) is 1. The van der Waals surface area contributed by atoms with Crippen molar-refractivity contribution in [2.24, 2.45) is 0 Å². The molecule has 2 aromatic heterocycles. The molecule has 1 amide bonds. The van der Waals surface area contributed by atoms with Gasteiger partial charge in [0.25, 0.3) is 0 Å². The second-order valence-electron chi connectivity index (χ2n) is 7.97. The highest BCUT2D eigenvalue weighted by molar-refractivity contribution is 5.93. The fourth-order valence-corrected chi connectivity index (χ4v) is 3.97. The lowest BCUT2D eigenvalue weighted by Crippen LogP contribution is -2.36. The molecule has 0 saturated carbocycles. The number of carbonyl (C=O) groups is 1. The summed E-state index contributed by atoms with van der Waals surface area (Å²) in [6, 6.07) is 8.75. The van der Waals surface area contributed by atoms with Crippen LogP contribution >= 0.6 is 0 Å². The van der Waals surface area contributed by atoms with Crippen molar-refractivity contribution in [3.05, 3.63) is 53.9 Å². The Morgan fingerprint density at radius 3 is 2.81 bits per heavy atom. The van der Waals surface area contributed by atoms with Crippen LogP contribution < -0.4 is 9.64 Å². The van der Waals surface area contributed by atoms with Gasteiger partial charge in [-0.15, -0.1) is 0 Å². The van der Waals surface area contributed by atoms with Crippen LogP contribution in [-0.4, -0.2) is 59.7 Å². The van der Waals surface area contributed by atoms with Gasteiger partial charge in [-0.05, 0) is 42.5 Å². The summed E-state index contributed by atoms with van der Waals surface area (Å²) in [5.41, 5.74) is 2.62. The van der Waals surface area contributed by atoms with Gasteiger partial charge >= 0.3 is 6.18 Å². The van der Waals surface area contributed by atoms with Crippen molar-refractivity contribution < 1.29 is 22.7 Å². The molecule has 0 radical (unpaired) electrons. The molecule has 4 heterocycles. The second kappa shape index (κ2) is 9.68. The zero-order valence-electron chi connectivity index (χ0n) is 17.6. The zero-order valence-corrected chi connectivity index (χ0v) is 17.6. The van der Waals surface area contributed by atoms with Crippen LogP contribution in [0.15, 0.2) is 42.6 Å². The molecule has 6 nitrogen and oxygen atoms in total. The summed E-state index contributed by atoms with van der Waals surface area (Å²) < 4.78 is 41.9. The van der Waals surface area contributed by atoms with Gasteiger partial charge in [0.05, 0.1) is 5.69 Å². The van der Waals surface area contributed by atoms with Crippen molar-refractivity contribution in [3.8, 4) is 5.88 Å². The molecule has 0 atom stereocenters. The Kier molecular flexibility index (Phi) is 6.74. The van der Waals surface area contributed by atoms with Crippen molar-refractivity contribution in [1.29, 1.82) is 0 Å². The molecule has 2 aliphatic heterocycles. The van der Waals surface area contributed by atoms with Gasteiger partial charge in [-0.25, -0.2) is 9.97 Å². The average Bonchev–Trinajstić information content (AvgIpc) is 3.26. The summed E-state index contributed by atoms with van der Waals surface area (Å²) in [5, 5.41) is 0. The van der Waals surface area contributed by atoms with Gasteiger partial charge in [-0.3, -0.25) is 14.6 Å². The molecule has 4 rings (SSSR count). The molecule has 1 saturated heterocycles. The van der Waals surface area contributed by atoms with Gasteiger partial charge in [-0.1, -0.05) is 18.2 Å². The van der Waals surface area contributed by atoms with E-state index >= 15 is 0 Å². The van der Waals surface area contributed by atoms with Gasteiger partial charge < -0.3 is 4.74 Å². The smallest absolute Gasteiger partial charge is 0.422 e. The molecule has 0 aromatic carbocycles. The molecule has 2 aliphatic rings. The highest BCUT2D eigenvalue weighted by Gasteiger charge is 2.29. The van der Waals surface area contributed by atoms with Crippen molar-refractivity contribution >= 4 is 17.3 Å². The minimum atomic E-state index is -4.40. The van der Waals surface area contributed by atoms with E-state index in [-0.39, 0.29) is 11.8 Å². The van der Waals surface area contributed by atoms with Crippen LogP contribution in [0.4, 0.5) is 19.0 Å². The summed E-state index contributed by atoms with van der Waals surface area (Å²) >= 11 is 0. The summed E-state index contributed by atoms with van der Waals surface area (Å²) in [5.74, 6) is 0.839. The van der Waals surface area contributed by atoms with Crippen molar-refractivity contribution in [1.82, 2.24) is 14.9 Å². The Labute approximate surface area is 184 Å². The van der Waals surface area contributed by atoms with E-state index < -0.39 is 12.8 Å². The maximum absolute atomic E-state index is 12.4. The van der Waals surface area contributed by atoms with Crippen LogP contribution in [0.1, 0.15) is 30.5 Å². The predicted molar refractivity (Wildman–Crippen MR) is 114 cm³/mol. The number of nitrogens with zero attached hydrogens (tertiary/aromatic N) is 4. The fraction of sp³-hybridized carbons (Fsp3) is 0.435. The number of aromatic nitrogens is 2. The molecule has 170 valence electrons. The number of rotatable bonds is 7. The van der Waals surface area contributed by atoms with Crippen molar-refractivity contribution in [2.75, 3.05) is 37.7 Å². The second-order valence-corrected chi connectivity index (χ2v) is 7.97. The summed E-state index contributed by atoms with van der Waals surface area (Å²) in [7, 11) is 0. The first kappa shape index (κ1) is 22.3. The SMILES string of the molecule is O=C1CCCCN1c1ncccc1CCN1CC=C(c2cccc(OCC(F)(F)F)n2)C1. The lowest BCUT2D eigenvalue weighted by molar-refractivity contribution is -0.154. The lowest BCUT2D eigenvalue weighted by atomic mass is 10.1. The first-order valence-corrected chi connectivity index (χ1v) is 10.7. The van der Waals surface area contributed by atoms with E-state index in [9.17, 15) is 18.0 Å². The third kappa shape index (κ3) is 5.64. The van der Waals surface area contributed by atoms with Crippen LogP contribution in [0.25, 0.3) is 5.57 Å². The number of alkyl halides is 3. The normalized spacial score (nSPS) is 17.5. The van der Waals surface area contributed by atoms with Crippen LogP contribution in [0.2, 0.25) is 0 Å². The van der Waals surface area contributed by atoms with E-state index in [0.29, 0.717) is 25.2 Å². The third-order valence-electron chi connectivity index (χ3n) is 5.57. The standard InChI is InChI=1S/C23H25F3N4O2/c24-23(25,26)16-32-20-7-3-6-19(28-20)18-10-14-29(15-18)13-9-17-5-4-11-27-22(17)30-12-2-1-8-21(30)31/h3-7,10-11H,1-2,8-9,12-16H2. The number of hydrogen-bond donors (Lipinski definition) is 0. The van der Waals surface area contributed by atoms with E-state index in [2.05, 4.69) is 14.9 Å². The number of anilines is 1. The third-order valence-corrected chi connectivity index (χ3v) is 5.57.